The molecule has 2 heterocycles. The molecule has 0 saturated heterocycles. The fourth-order valence-corrected chi connectivity index (χ4v) is 4.90. The van der Waals surface area contributed by atoms with Crippen molar-refractivity contribution in [3.8, 4) is 22.5 Å². The molecule has 1 aliphatic heterocycles. The van der Waals surface area contributed by atoms with Crippen LogP contribution in [0.4, 0.5) is 5.82 Å². The van der Waals surface area contributed by atoms with Crippen LogP contribution in [0, 0.1) is 13.8 Å². The molecule has 0 radical (unpaired) electrons. The van der Waals surface area contributed by atoms with Gasteiger partial charge in [-0.2, -0.15) is 0 Å². The molecule has 3 aromatic rings. The Balaban J connectivity index is 1.80. The Labute approximate surface area is 207 Å². The lowest BCUT2D eigenvalue weighted by atomic mass is 9.92. The van der Waals surface area contributed by atoms with E-state index in [9.17, 15) is 9.90 Å². The van der Waals surface area contributed by atoms with E-state index in [1.165, 1.54) is 11.1 Å². The van der Waals surface area contributed by atoms with Crippen molar-refractivity contribution in [2.75, 3.05) is 4.90 Å². The summed E-state index contributed by atoms with van der Waals surface area (Å²) < 4.78 is 0. The maximum Gasteiger partial charge on any atom is 0.303 e. The number of carboxylic acids is 1. The van der Waals surface area contributed by atoms with Crippen LogP contribution in [-0.2, 0) is 11.2 Å². The van der Waals surface area contributed by atoms with Gasteiger partial charge in [0.2, 0.25) is 0 Å². The number of aryl methyl sites for hydroxylation is 2. The van der Waals surface area contributed by atoms with Crippen molar-refractivity contribution < 1.29 is 15.0 Å². The molecule has 6 nitrogen and oxygen atoms in total. The zero-order valence-electron chi connectivity index (χ0n) is 21.0. The minimum absolute atomic E-state index is 0.110. The highest BCUT2D eigenvalue weighted by Crippen LogP contribution is 2.38. The molecule has 0 aliphatic carbocycles. The van der Waals surface area contributed by atoms with Crippen molar-refractivity contribution in [2.24, 2.45) is 0 Å². The number of aliphatic hydroxyl groups excluding tert-OH is 1. The zero-order valence-corrected chi connectivity index (χ0v) is 21.0. The van der Waals surface area contributed by atoms with E-state index in [0.29, 0.717) is 19.3 Å². The minimum Gasteiger partial charge on any atom is -0.481 e. The second-order valence-electron chi connectivity index (χ2n) is 9.90. The van der Waals surface area contributed by atoms with Crippen LogP contribution in [0.1, 0.15) is 56.4 Å². The predicted molar refractivity (Wildman–Crippen MR) is 140 cm³/mol. The Hall–Kier alpha value is -3.25. The maximum absolute atomic E-state index is 11.1. The third kappa shape index (κ3) is 5.54. The summed E-state index contributed by atoms with van der Waals surface area (Å²) in [6.07, 6.45) is 2.06. The van der Waals surface area contributed by atoms with E-state index in [1.807, 2.05) is 0 Å². The smallest absolute Gasteiger partial charge is 0.303 e. The normalized spacial score (nSPS) is 17.5. The fourth-order valence-electron chi connectivity index (χ4n) is 4.90. The number of hydrogen-bond donors (Lipinski definition) is 2. The molecule has 0 bridgehead atoms. The predicted octanol–water partition coefficient (Wildman–Crippen LogP) is 5.57. The Morgan fingerprint density at radius 1 is 0.943 bits per heavy atom. The lowest BCUT2D eigenvalue weighted by molar-refractivity contribution is -0.137. The molecule has 0 amide bonds. The van der Waals surface area contributed by atoms with E-state index in [2.05, 4.69) is 81.1 Å². The number of carboxylic acid groups (broad SMARTS) is 1. The van der Waals surface area contributed by atoms with E-state index in [-0.39, 0.29) is 18.5 Å². The zero-order chi connectivity index (χ0) is 25.1. The summed E-state index contributed by atoms with van der Waals surface area (Å²) in [7, 11) is 0. The number of carbonyl (C=O) groups is 1. The van der Waals surface area contributed by atoms with Gasteiger partial charge < -0.3 is 15.1 Å². The van der Waals surface area contributed by atoms with E-state index in [0.717, 1.165) is 40.4 Å². The van der Waals surface area contributed by atoms with E-state index >= 15 is 0 Å². The van der Waals surface area contributed by atoms with E-state index in [4.69, 9.17) is 15.1 Å². The topological polar surface area (TPSA) is 86.6 Å². The molecule has 1 aliphatic rings. The van der Waals surface area contributed by atoms with Crippen LogP contribution in [0.25, 0.3) is 22.5 Å². The molecule has 0 spiro atoms. The molecule has 4 rings (SSSR count). The molecule has 0 fully saturated rings. The van der Waals surface area contributed by atoms with Crippen molar-refractivity contribution in [3.05, 3.63) is 65.4 Å². The molecule has 2 N–H and O–H groups in total. The first-order valence-corrected chi connectivity index (χ1v) is 12.5. The van der Waals surface area contributed by atoms with Gasteiger partial charge in [-0.25, -0.2) is 9.97 Å². The fraction of sp³-hybridized carbons (Fsp3) is 0.414. The van der Waals surface area contributed by atoms with Crippen molar-refractivity contribution in [3.63, 3.8) is 0 Å². The van der Waals surface area contributed by atoms with Gasteiger partial charge in [0.15, 0.2) is 5.82 Å². The quantitative estimate of drug-likeness (QED) is 0.416. The Morgan fingerprint density at radius 2 is 1.49 bits per heavy atom. The van der Waals surface area contributed by atoms with Gasteiger partial charge in [-0.15, -0.1) is 0 Å². The molecule has 6 heteroatoms. The summed E-state index contributed by atoms with van der Waals surface area (Å²) in [4.78, 5) is 23.4. The SMILES string of the molecule is Cc1ccc(-c2nc3c(nc2-c2ccc(C)cc2)N(C(C)C)C(CCCCC(=O)O)C(O)C3)cc1. The first kappa shape index (κ1) is 24.9. The van der Waals surface area contributed by atoms with Gasteiger partial charge >= 0.3 is 5.97 Å². The highest BCUT2D eigenvalue weighted by Gasteiger charge is 2.37. The standard InChI is InChI=1S/C29H35N3O3/c1-18(2)32-24(7-5-6-8-26(34)35)25(33)17-23-29(32)31-28(22-15-11-20(4)12-16-22)27(30-23)21-13-9-19(3)10-14-21/h9-16,18,24-25,33H,5-8,17H2,1-4H3,(H,34,35). The number of benzene rings is 2. The molecule has 2 unspecified atom stereocenters. The number of aromatic nitrogens is 2. The number of rotatable bonds is 8. The van der Waals surface area contributed by atoms with Crippen LogP contribution >= 0.6 is 0 Å². The Kier molecular flexibility index (Phi) is 7.51. The number of unbranched alkanes of at least 4 members (excludes halogenated alkanes) is 1. The van der Waals surface area contributed by atoms with Crippen molar-refractivity contribution in [1.82, 2.24) is 9.97 Å². The van der Waals surface area contributed by atoms with Crippen molar-refractivity contribution in [1.29, 1.82) is 0 Å². The first-order valence-electron chi connectivity index (χ1n) is 12.5. The van der Waals surface area contributed by atoms with Crippen molar-refractivity contribution >= 4 is 11.8 Å². The number of anilines is 1. The minimum atomic E-state index is -0.780. The molecular weight excluding hydrogens is 438 g/mol. The first-order chi connectivity index (χ1) is 16.7. The highest BCUT2D eigenvalue weighted by molar-refractivity contribution is 5.80. The van der Waals surface area contributed by atoms with Gasteiger partial charge in [0.05, 0.1) is 29.2 Å². The van der Waals surface area contributed by atoms with Crippen LogP contribution in [0.15, 0.2) is 48.5 Å². The monoisotopic (exact) mass is 473 g/mol. The third-order valence-corrected chi connectivity index (χ3v) is 6.74. The number of fused-ring (bicyclic) bond motifs is 1. The van der Waals surface area contributed by atoms with Crippen LogP contribution in [0.2, 0.25) is 0 Å². The van der Waals surface area contributed by atoms with Gasteiger partial charge in [-0.1, -0.05) is 66.1 Å². The van der Waals surface area contributed by atoms with Crippen LogP contribution in [-0.4, -0.2) is 44.3 Å². The Bertz CT molecular complexity index is 1170. The summed E-state index contributed by atoms with van der Waals surface area (Å²) >= 11 is 0. The largest absolute Gasteiger partial charge is 0.481 e. The van der Waals surface area contributed by atoms with Crippen LogP contribution in [0.5, 0.6) is 0 Å². The number of nitrogens with zero attached hydrogens (tertiary/aromatic N) is 3. The summed E-state index contributed by atoms with van der Waals surface area (Å²) in [5.74, 6) is 0.0393. The lowest BCUT2D eigenvalue weighted by Gasteiger charge is -2.43. The summed E-state index contributed by atoms with van der Waals surface area (Å²) in [6.45, 7) is 8.34. The van der Waals surface area contributed by atoms with Gasteiger partial charge in [-0.3, -0.25) is 4.79 Å². The molecule has 2 atom stereocenters. The lowest BCUT2D eigenvalue weighted by Crippen LogP contribution is -2.52. The second-order valence-corrected chi connectivity index (χ2v) is 9.90. The summed E-state index contributed by atoms with van der Waals surface area (Å²) in [5.41, 5.74) is 6.84. The Morgan fingerprint density at radius 3 is 2.00 bits per heavy atom. The molecule has 0 saturated carbocycles. The highest BCUT2D eigenvalue weighted by atomic mass is 16.4. The molecule has 1 aromatic heterocycles. The molecular formula is C29H35N3O3. The van der Waals surface area contributed by atoms with E-state index in [1.54, 1.807) is 0 Å². The molecule has 2 aromatic carbocycles. The van der Waals surface area contributed by atoms with Gasteiger partial charge in [0.25, 0.3) is 0 Å². The van der Waals surface area contributed by atoms with Gasteiger partial charge in [0.1, 0.15) is 0 Å². The molecule has 35 heavy (non-hydrogen) atoms. The molecule has 184 valence electrons. The van der Waals surface area contributed by atoms with Crippen LogP contribution in [0.3, 0.4) is 0 Å². The number of aliphatic hydroxyl groups is 1. The van der Waals surface area contributed by atoms with Crippen molar-refractivity contribution in [2.45, 2.75) is 78.0 Å². The summed E-state index contributed by atoms with van der Waals surface area (Å²) in [6, 6.07) is 16.7. The average Bonchev–Trinajstić information content (AvgIpc) is 2.82. The average molecular weight is 474 g/mol. The number of aliphatic carboxylic acids is 1. The van der Waals surface area contributed by atoms with E-state index < -0.39 is 12.1 Å². The van der Waals surface area contributed by atoms with Crippen LogP contribution < -0.4 is 4.90 Å². The van der Waals surface area contributed by atoms with Gasteiger partial charge in [-0.05, 0) is 40.5 Å². The van der Waals surface area contributed by atoms with Gasteiger partial charge in [0, 0.05) is 30.0 Å². The third-order valence-electron chi connectivity index (χ3n) is 6.74. The maximum atomic E-state index is 11.1. The second kappa shape index (κ2) is 10.6. The summed E-state index contributed by atoms with van der Waals surface area (Å²) in [5, 5.41) is 20.1. The number of hydrogen-bond acceptors (Lipinski definition) is 5.